The van der Waals surface area contributed by atoms with Crippen LogP contribution in [0.15, 0.2) is 47.5 Å². The first-order valence-electron chi connectivity index (χ1n) is 6.92. The van der Waals surface area contributed by atoms with Crippen molar-refractivity contribution in [3.05, 3.63) is 54.7 Å². The summed E-state index contributed by atoms with van der Waals surface area (Å²) in [6.45, 7) is 0.296. The molecule has 6 heteroatoms. The van der Waals surface area contributed by atoms with E-state index in [1.54, 1.807) is 12.5 Å². The molecule has 0 saturated heterocycles. The lowest BCUT2D eigenvalue weighted by molar-refractivity contribution is 0.242. The van der Waals surface area contributed by atoms with Gasteiger partial charge in [-0.2, -0.15) is 4.98 Å². The lowest BCUT2D eigenvalue weighted by Crippen LogP contribution is -1.96. The van der Waals surface area contributed by atoms with Gasteiger partial charge in [-0.25, -0.2) is 4.98 Å². The van der Waals surface area contributed by atoms with Gasteiger partial charge < -0.3 is 13.8 Å². The molecule has 0 N–H and O–H groups in total. The van der Waals surface area contributed by atoms with Crippen LogP contribution in [-0.4, -0.2) is 19.7 Å². The summed E-state index contributed by atoms with van der Waals surface area (Å²) in [5.74, 6) is 2.60. The smallest absolute Gasteiger partial charge is 0.264 e. The lowest BCUT2D eigenvalue weighted by atomic mass is 10.3. The van der Waals surface area contributed by atoms with E-state index in [0.29, 0.717) is 18.4 Å². The lowest BCUT2D eigenvalue weighted by Gasteiger charge is -2.05. The predicted molar refractivity (Wildman–Crippen MR) is 74.2 cm³/mol. The molecule has 0 radical (unpaired) electrons. The van der Waals surface area contributed by atoms with Crippen LogP contribution in [0.3, 0.4) is 0 Å². The second kappa shape index (κ2) is 5.05. The normalized spacial score (nSPS) is 14.3. The molecule has 106 valence electrons. The van der Waals surface area contributed by atoms with E-state index >= 15 is 0 Å². The Morgan fingerprint density at radius 1 is 1.24 bits per heavy atom. The molecule has 3 aromatic rings. The van der Waals surface area contributed by atoms with E-state index in [1.807, 2.05) is 35.0 Å². The second-order valence-corrected chi connectivity index (χ2v) is 5.07. The fraction of sp³-hybridized carbons (Fsp3) is 0.267. The molecule has 1 saturated carbocycles. The Bertz CT molecular complexity index is 714. The minimum Gasteiger partial charge on any atom is -0.484 e. The van der Waals surface area contributed by atoms with Gasteiger partial charge in [-0.1, -0.05) is 5.16 Å². The number of benzene rings is 1. The Balaban J connectivity index is 1.40. The monoisotopic (exact) mass is 282 g/mol. The van der Waals surface area contributed by atoms with Gasteiger partial charge in [-0.05, 0) is 37.1 Å². The summed E-state index contributed by atoms with van der Waals surface area (Å²) in [5.41, 5.74) is 1.04. The van der Waals surface area contributed by atoms with E-state index < -0.39 is 0 Å². The molecule has 0 bridgehead atoms. The highest BCUT2D eigenvalue weighted by atomic mass is 16.5. The first-order chi connectivity index (χ1) is 10.4. The van der Waals surface area contributed by atoms with E-state index in [9.17, 15) is 0 Å². The zero-order valence-electron chi connectivity index (χ0n) is 11.3. The van der Waals surface area contributed by atoms with Gasteiger partial charge in [0.15, 0.2) is 12.4 Å². The molecule has 0 spiro atoms. The summed E-state index contributed by atoms with van der Waals surface area (Å²) in [5, 5.41) is 3.96. The van der Waals surface area contributed by atoms with Crippen molar-refractivity contribution in [1.82, 2.24) is 19.7 Å². The van der Waals surface area contributed by atoms with Crippen LogP contribution < -0.4 is 4.74 Å². The van der Waals surface area contributed by atoms with Gasteiger partial charge in [0.1, 0.15) is 5.75 Å². The fourth-order valence-electron chi connectivity index (χ4n) is 2.11. The minimum absolute atomic E-state index is 0.296. The number of hydrogen-bond acceptors (Lipinski definition) is 5. The topological polar surface area (TPSA) is 66.0 Å². The number of ether oxygens (including phenoxy) is 1. The van der Waals surface area contributed by atoms with Crippen LogP contribution in [0.1, 0.15) is 30.5 Å². The van der Waals surface area contributed by atoms with Crippen LogP contribution in [0.25, 0.3) is 5.69 Å². The molecule has 0 amide bonds. The third kappa shape index (κ3) is 2.65. The van der Waals surface area contributed by atoms with Crippen molar-refractivity contribution in [3.8, 4) is 11.4 Å². The Morgan fingerprint density at radius 3 is 2.81 bits per heavy atom. The summed E-state index contributed by atoms with van der Waals surface area (Å²) in [4.78, 5) is 8.35. The molecule has 1 aromatic carbocycles. The highest BCUT2D eigenvalue weighted by Crippen LogP contribution is 2.38. The molecule has 0 atom stereocenters. The van der Waals surface area contributed by atoms with Crippen molar-refractivity contribution >= 4 is 0 Å². The van der Waals surface area contributed by atoms with E-state index in [-0.39, 0.29) is 0 Å². The third-order valence-corrected chi connectivity index (χ3v) is 3.43. The average molecular weight is 282 g/mol. The Hall–Kier alpha value is -2.63. The summed E-state index contributed by atoms with van der Waals surface area (Å²) >= 11 is 0. The summed E-state index contributed by atoms with van der Waals surface area (Å²) in [6, 6.07) is 7.77. The van der Waals surface area contributed by atoms with Gasteiger partial charge in [-0.15, -0.1) is 0 Å². The molecular formula is C15H14N4O2. The van der Waals surface area contributed by atoms with Crippen molar-refractivity contribution in [2.75, 3.05) is 0 Å². The summed E-state index contributed by atoms with van der Waals surface area (Å²) < 4.78 is 12.8. The Kier molecular flexibility index (Phi) is 2.92. The number of rotatable bonds is 5. The molecule has 6 nitrogen and oxygen atoms in total. The number of imidazole rings is 1. The van der Waals surface area contributed by atoms with E-state index in [4.69, 9.17) is 9.26 Å². The van der Waals surface area contributed by atoms with E-state index in [0.717, 1.165) is 30.1 Å². The molecule has 0 unspecified atom stereocenters. The highest BCUT2D eigenvalue weighted by molar-refractivity contribution is 5.37. The van der Waals surface area contributed by atoms with Crippen molar-refractivity contribution in [1.29, 1.82) is 0 Å². The first kappa shape index (κ1) is 12.1. The Morgan fingerprint density at radius 2 is 2.10 bits per heavy atom. The van der Waals surface area contributed by atoms with Crippen LogP contribution in [0, 0.1) is 0 Å². The molecule has 1 aliphatic rings. The molecule has 1 aliphatic carbocycles. The largest absolute Gasteiger partial charge is 0.484 e. The maximum atomic E-state index is 5.66. The summed E-state index contributed by atoms with van der Waals surface area (Å²) in [7, 11) is 0. The van der Waals surface area contributed by atoms with Gasteiger partial charge in [0.05, 0.1) is 6.33 Å². The highest BCUT2D eigenvalue weighted by Gasteiger charge is 2.28. The quantitative estimate of drug-likeness (QED) is 0.719. The molecule has 2 heterocycles. The molecule has 1 fully saturated rings. The molecule has 2 aromatic heterocycles. The van der Waals surface area contributed by atoms with Crippen LogP contribution >= 0.6 is 0 Å². The van der Waals surface area contributed by atoms with E-state index in [2.05, 4.69) is 15.1 Å². The van der Waals surface area contributed by atoms with E-state index in [1.165, 1.54) is 0 Å². The van der Waals surface area contributed by atoms with Crippen LogP contribution in [0.4, 0.5) is 0 Å². The van der Waals surface area contributed by atoms with Gasteiger partial charge in [-0.3, -0.25) is 0 Å². The standard InChI is InChI=1S/C15H14N4O2/c1-2-11(1)15-17-14(21-18-15)9-20-13-5-3-12(4-6-13)19-8-7-16-10-19/h3-8,10-11H,1-2,9H2. The van der Waals surface area contributed by atoms with Crippen molar-refractivity contribution in [2.45, 2.75) is 25.4 Å². The van der Waals surface area contributed by atoms with Crippen LogP contribution in [-0.2, 0) is 6.61 Å². The SMILES string of the molecule is c1cn(-c2ccc(OCc3nc(C4CC4)no3)cc2)cn1. The third-order valence-electron chi connectivity index (χ3n) is 3.43. The number of aromatic nitrogens is 4. The van der Waals surface area contributed by atoms with Gasteiger partial charge in [0.2, 0.25) is 0 Å². The van der Waals surface area contributed by atoms with Crippen molar-refractivity contribution in [3.63, 3.8) is 0 Å². The van der Waals surface area contributed by atoms with Gasteiger partial charge >= 0.3 is 0 Å². The molecule has 21 heavy (non-hydrogen) atoms. The summed E-state index contributed by atoms with van der Waals surface area (Å²) in [6.07, 6.45) is 7.73. The van der Waals surface area contributed by atoms with Gasteiger partial charge in [0.25, 0.3) is 5.89 Å². The Labute approximate surface area is 121 Å². The zero-order chi connectivity index (χ0) is 14.1. The van der Waals surface area contributed by atoms with Crippen LogP contribution in [0.5, 0.6) is 5.75 Å². The number of hydrogen-bond donors (Lipinski definition) is 0. The molecular weight excluding hydrogens is 268 g/mol. The van der Waals surface area contributed by atoms with Crippen LogP contribution in [0.2, 0.25) is 0 Å². The molecule has 0 aliphatic heterocycles. The maximum absolute atomic E-state index is 5.66. The first-order valence-corrected chi connectivity index (χ1v) is 6.92. The number of nitrogens with zero attached hydrogens (tertiary/aromatic N) is 4. The maximum Gasteiger partial charge on any atom is 0.264 e. The second-order valence-electron chi connectivity index (χ2n) is 5.07. The molecule has 4 rings (SSSR count). The fourth-order valence-corrected chi connectivity index (χ4v) is 2.11. The minimum atomic E-state index is 0.296. The predicted octanol–water partition coefficient (Wildman–Crippen LogP) is 2.71. The van der Waals surface area contributed by atoms with Gasteiger partial charge in [0, 0.05) is 24.0 Å². The van der Waals surface area contributed by atoms with Crippen molar-refractivity contribution < 1.29 is 9.26 Å². The van der Waals surface area contributed by atoms with Crippen molar-refractivity contribution in [2.24, 2.45) is 0 Å². The zero-order valence-corrected chi connectivity index (χ0v) is 11.3. The average Bonchev–Trinajstić information content (AvgIpc) is 3.04.